The Bertz CT molecular complexity index is 748. The van der Waals surface area contributed by atoms with Gasteiger partial charge < -0.3 is 10.3 Å². The van der Waals surface area contributed by atoms with Gasteiger partial charge in [0.05, 0.1) is 10.7 Å². The molecule has 19 heavy (non-hydrogen) atoms. The summed E-state index contributed by atoms with van der Waals surface area (Å²) in [5, 5.41) is 4.24. The highest BCUT2D eigenvalue weighted by Crippen LogP contribution is 2.23. The number of carbonyl (C=O) groups is 1. The van der Waals surface area contributed by atoms with Crippen LogP contribution in [0.1, 0.15) is 10.4 Å². The van der Waals surface area contributed by atoms with Gasteiger partial charge in [-0.1, -0.05) is 29.8 Å². The van der Waals surface area contributed by atoms with Crippen molar-refractivity contribution in [1.82, 2.24) is 4.98 Å². The molecule has 0 aliphatic rings. The summed E-state index contributed by atoms with van der Waals surface area (Å²) in [6, 6.07) is 14.6. The first-order chi connectivity index (χ1) is 9.25. The van der Waals surface area contributed by atoms with E-state index < -0.39 is 0 Å². The maximum absolute atomic E-state index is 12.3. The average molecular weight is 271 g/mol. The van der Waals surface area contributed by atoms with Gasteiger partial charge in [0, 0.05) is 22.7 Å². The van der Waals surface area contributed by atoms with E-state index in [1.165, 1.54) is 0 Å². The summed E-state index contributed by atoms with van der Waals surface area (Å²) >= 11 is 6.03. The highest BCUT2D eigenvalue weighted by molar-refractivity contribution is 6.34. The fourth-order valence-corrected chi connectivity index (χ4v) is 2.22. The zero-order chi connectivity index (χ0) is 13.2. The van der Waals surface area contributed by atoms with Gasteiger partial charge in [0.25, 0.3) is 5.91 Å². The second-order valence-electron chi connectivity index (χ2n) is 4.18. The summed E-state index contributed by atoms with van der Waals surface area (Å²) < 4.78 is 0. The molecule has 94 valence electrons. The number of aromatic nitrogens is 1. The SMILES string of the molecule is O=C(Nc1ccccc1Cl)c1cccc2[nH]ccc12. The molecule has 3 nitrogen and oxygen atoms in total. The predicted octanol–water partition coefficient (Wildman–Crippen LogP) is 4.07. The molecule has 1 aromatic heterocycles. The molecule has 1 heterocycles. The van der Waals surface area contributed by atoms with Gasteiger partial charge in [-0.25, -0.2) is 0 Å². The summed E-state index contributed by atoms with van der Waals surface area (Å²) in [5.74, 6) is -0.168. The third-order valence-corrected chi connectivity index (χ3v) is 3.29. The highest BCUT2D eigenvalue weighted by atomic mass is 35.5. The van der Waals surface area contributed by atoms with Crippen LogP contribution in [0.2, 0.25) is 5.02 Å². The standard InChI is InChI=1S/C15H11ClN2O/c16-12-5-1-2-6-14(12)18-15(19)11-4-3-7-13-10(11)8-9-17-13/h1-9,17H,(H,18,19). The van der Waals surface area contributed by atoms with E-state index in [0.717, 1.165) is 10.9 Å². The zero-order valence-electron chi connectivity index (χ0n) is 9.98. The molecule has 0 fully saturated rings. The number of halogens is 1. The van der Waals surface area contributed by atoms with Crippen LogP contribution in [0.4, 0.5) is 5.69 Å². The number of aromatic amines is 1. The number of H-pyrrole nitrogens is 1. The molecule has 0 saturated carbocycles. The lowest BCUT2D eigenvalue weighted by Gasteiger charge is -2.07. The Morgan fingerprint density at radius 1 is 1.05 bits per heavy atom. The van der Waals surface area contributed by atoms with E-state index in [4.69, 9.17) is 11.6 Å². The van der Waals surface area contributed by atoms with Gasteiger partial charge in [-0.15, -0.1) is 0 Å². The Hall–Kier alpha value is -2.26. The summed E-state index contributed by atoms with van der Waals surface area (Å²) in [6.45, 7) is 0. The van der Waals surface area contributed by atoms with Crippen LogP contribution in [0, 0.1) is 0 Å². The second-order valence-corrected chi connectivity index (χ2v) is 4.59. The Kier molecular flexibility index (Phi) is 2.97. The molecule has 0 spiro atoms. The van der Waals surface area contributed by atoms with Crippen LogP contribution in [-0.4, -0.2) is 10.9 Å². The molecule has 2 N–H and O–H groups in total. The molecule has 4 heteroatoms. The lowest BCUT2D eigenvalue weighted by Crippen LogP contribution is -2.12. The van der Waals surface area contributed by atoms with Crippen molar-refractivity contribution in [1.29, 1.82) is 0 Å². The molecule has 3 rings (SSSR count). The van der Waals surface area contributed by atoms with Crippen LogP contribution in [0.25, 0.3) is 10.9 Å². The minimum Gasteiger partial charge on any atom is -0.361 e. The molecule has 0 saturated heterocycles. The Balaban J connectivity index is 1.97. The number of amides is 1. The minimum absolute atomic E-state index is 0.168. The van der Waals surface area contributed by atoms with Gasteiger partial charge >= 0.3 is 0 Å². The molecular weight excluding hydrogens is 260 g/mol. The van der Waals surface area contributed by atoms with Crippen LogP contribution >= 0.6 is 11.6 Å². The Morgan fingerprint density at radius 2 is 1.89 bits per heavy atom. The lowest BCUT2D eigenvalue weighted by molar-refractivity contribution is 0.102. The van der Waals surface area contributed by atoms with E-state index in [1.54, 1.807) is 18.2 Å². The molecule has 0 unspecified atom stereocenters. The first-order valence-corrected chi connectivity index (χ1v) is 6.25. The molecule has 2 aromatic carbocycles. The number of hydrogen-bond acceptors (Lipinski definition) is 1. The molecule has 0 aliphatic heterocycles. The van der Waals surface area contributed by atoms with Crippen LogP contribution < -0.4 is 5.32 Å². The van der Waals surface area contributed by atoms with Crippen molar-refractivity contribution in [2.75, 3.05) is 5.32 Å². The number of hydrogen-bond donors (Lipinski definition) is 2. The molecule has 3 aromatic rings. The maximum Gasteiger partial charge on any atom is 0.256 e. The normalized spacial score (nSPS) is 10.6. The summed E-state index contributed by atoms with van der Waals surface area (Å²) in [5.41, 5.74) is 2.17. The number of rotatable bonds is 2. The van der Waals surface area contributed by atoms with Crippen molar-refractivity contribution in [3.63, 3.8) is 0 Å². The molecule has 0 radical (unpaired) electrons. The molecular formula is C15H11ClN2O. The third-order valence-electron chi connectivity index (χ3n) is 2.96. The minimum atomic E-state index is -0.168. The fourth-order valence-electron chi connectivity index (χ4n) is 2.04. The molecule has 0 bridgehead atoms. The third kappa shape index (κ3) is 2.20. The van der Waals surface area contributed by atoms with Crippen molar-refractivity contribution < 1.29 is 4.79 Å². The van der Waals surface area contributed by atoms with Gasteiger partial charge in [-0.3, -0.25) is 4.79 Å². The number of fused-ring (bicyclic) bond motifs is 1. The quantitative estimate of drug-likeness (QED) is 0.724. The van der Waals surface area contributed by atoms with Gasteiger partial charge in [-0.2, -0.15) is 0 Å². The number of carbonyl (C=O) groups excluding carboxylic acids is 1. The van der Waals surface area contributed by atoms with Gasteiger partial charge in [0.15, 0.2) is 0 Å². The van der Waals surface area contributed by atoms with Crippen molar-refractivity contribution in [2.45, 2.75) is 0 Å². The van der Waals surface area contributed by atoms with E-state index >= 15 is 0 Å². The number of benzene rings is 2. The predicted molar refractivity (Wildman–Crippen MR) is 77.7 cm³/mol. The first kappa shape index (κ1) is 11.8. The zero-order valence-corrected chi connectivity index (χ0v) is 10.7. The second kappa shape index (κ2) is 4.78. The Morgan fingerprint density at radius 3 is 2.74 bits per heavy atom. The van der Waals surface area contributed by atoms with E-state index in [0.29, 0.717) is 16.3 Å². The smallest absolute Gasteiger partial charge is 0.256 e. The van der Waals surface area contributed by atoms with Crippen LogP contribution in [-0.2, 0) is 0 Å². The molecule has 0 atom stereocenters. The monoisotopic (exact) mass is 270 g/mol. The number of nitrogens with one attached hydrogen (secondary N) is 2. The van der Waals surface area contributed by atoms with Gasteiger partial charge in [0.1, 0.15) is 0 Å². The van der Waals surface area contributed by atoms with Gasteiger partial charge in [0.2, 0.25) is 0 Å². The summed E-state index contributed by atoms with van der Waals surface area (Å²) in [4.78, 5) is 15.4. The molecule has 1 amide bonds. The highest BCUT2D eigenvalue weighted by Gasteiger charge is 2.11. The average Bonchev–Trinajstić information content (AvgIpc) is 2.89. The number of anilines is 1. The van der Waals surface area contributed by atoms with Gasteiger partial charge in [-0.05, 0) is 30.3 Å². The van der Waals surface area contributed by atoms with E-state index in [9.17, 15) is 4.79 Å². The van der Waals surface area contributed by atoms with E-state index in [2.05, 4.69) is 10.3 Å². The van der Waals surface area contributed by atoms with E-state index in [-0.39, 0.29) is 5.91 Å². The van der Waals surface area contributed by atoms with E-state index in [1.807, 2.05) is 36.5 Å². The van der Waals surface area contributed by atoms with Crippen molar-refractivity contribution in [2.24, 2.45) is 0 Å². The van der Waals surface area contributed by atoms with Crippen molar-refractivity contribution >= 4 is 34.1 Å². The first-order valence-electron chi connectivity index (χ1n) is 5.88. The summed E-state index contributed by atoms with van der Waals surface area (Å²) in [6.07, 6.45) is 1.82. The fraction of sp³-hybridized carbons (Fsp3) is 0. The lowest BCUT2D eigenvalue weighted by atomic mass is 10.1. The van der Waals surface area contributed by atoms with Crippen LogP contribution in [0.3, 0.4) is 0 Å². The van der Waals surface area contributed by atoms with Crippen LogP contribution in [0.15, 0.2) is 54.7 Å². The summed E-state index contributed by atoms with van der Waals surface area (Å²) in [7, 11) is 0. The van der Waals surface area contributed by atoms with Crippen molar-refractivity contribution in [3.8, 4) is 0 Å². The Labute approximate surface area is 115 Å². The maximum atomic E-state index is 12.3. The topological polar surface area (TPSA) is 44.9 Å². The van der Waals surface area contributed by atoms with Crippen LogP contribution in [0.5, 0.6) is 0 Å². The van der Waals surface area contributed by atoms with Crippen molar-refractivity contribution in [3.05, 3.63) is 65.3 Å². The largest absolute Gasteiger partial charge is 0.361 e. The molecule has 0 aliphatic carbocycles. The number of para-hydroxylation sites is 1.